The Morgan fingerprint density at radius 2 is 2.21 bits per heavy atom. The number of aliphatic carboxylic acids is 1. The summed E-state index contributed by atoms with van der Waals surface area (Å²) in [6.45, 7) is 2.43. The lowest BCUT2D eigenvalue weighted by molar-refractivity contribution is -0.138. The van der Waals surface area contributed by atoms with E-state index in [1.807, 2.05) is 6.92 Å². The first kappa shape index (κ1) is 11.5. The average Bonchev–Trinajstić information content (AvgIpc) is 2.26. The number of carboxylic acids is 1. The van der Waals surface area contributed by atoms with Gasteiger partial charge in [0.2, 0.25) is 0 Å². The molecule has 0 bridgehead atoms. The van der Waals surface area contributed by atoms with Gasteiger partial charge in [0.15, 0.2) is 9.84 Å². The molecule has 1 saturated heterocycles. The number of carbonyl (C=O) groups is 1. The second kappa shape index (κ2) is 3.86. The van der Waals surface area contributed by atoms with Crippen LogP contribution in [-0.2, 0) is 14.6 Å². The van der Waals surface area contributed by atoms with Gasteiger partial charge in [0.25, 0.3) is 0 Å². The minimum atomic E-state index is -3.05. The van der Waals surface area contributed by atoms with Gasteiger partial charge in [-0.15, -0.1) is 0 Å². The summed E-state index contributed by atoms with van der Waals surface area (Å²) in [5.41, 5.74) is -0.737. The second-order valence-electron chi connectivity index (χ2n) is 3.72. The molecule has 14 heavy (non-hydrogen) atoms. The molecule has 0 aromatic rings. The van der Waals surface area contributed by atoms with Gasteiger partial charge in [0.05, 0.1) is 17.9 Å². The highest BCUT2D eigenvalue weighted by Crippen LogP contribution is 2.26. The van der Waals surface area contributed by atoms with Crippen molar-refractivity contribution in [2.24, 2.45) is 0 Å². The molecule has 82 valence electrons. The van der Waals surface area contributed by atoms with Crippen molar-refractivity contribution in [2.75, 3.05) is 18.1 Å². The summed E-state index contributed by atoms with van der Waals surface area (Å²) in [5.74, 6) is -0.920. The summed E-state index contributed by atoms with van der Waals surface area (Å²) >= 11 is 0. The molecule has 1 heterocycles. The number of hydrogen-bond donors (Lipinski definition) is 2. The fourth-order valence-corrected chi connectivity index (χ4v) is 3.96. The van der Waals surface area contributed by atoms with Crippen LogP contribution in [0.5, 0.6) is 0 Å². The van der Waals surface area contributed by atoms with E-state index in [2.05, 4.69) is 5.32 Å². The molecule has 1 aliphatic heterocycles. The van der Waals surface area contributed by atoms with E-state index >= 15 is 0 Å². The molecular formula is C8H15NO4S. The number of rotatable bonds is 4. The Bertz CT molecular complexity index is 324. The van der Waals surface area contributed by atoms with Crippen molar-refractivity contribution in [3.63, 3.8) is 0 Å². The molecule has 0 aromatic heterocycles. The summed E-state index contributed by atoms with van der Waals surface area (Å²) in [7, 11) is -3.05. The Morgan fingerprint density at radius 3 is 2.57 bits per heavy atom. The summed E-state index contributed by atoms with van der Waals surface area (Å²) < 4.78 is 22.5. The first-order valence-electron chi connectivity index (χ1n) is 4.56. The Kier molecular flexibility index (Phi) is 3.16. The molecule has 0 amide bonds. The highest BCUT2D eigenvalue weighted by Gasteiger charge is 2.42. The maximum atomic E-state index is 11.3. The minimum absolute atomic E-state index is 0.0554. The van der Waals surface area contributed by atoms with Crippen molar-refractivity contribution >= 4 is 15.8 Å². The average molecular weight is 221 g/mol. The van der Waals surface area contributed by atoms with Crippen LogP contribution >= 0.6 is 0 Å². The van der Waals surface area contributed by atoms with Crippen LogP contribution in [0, 0.1) is 0 Å². The predicted octanol–water partition coefficient (Wildman–Crippen LogP) is -0.372. The van der Waals surface area contributed by atoms with Gasteiger partial charge in [-0.05, 0) is 13.0 Å². The molecule has 1 fully saturated rings. The third kappa shape index (κ3) is 2.68. The lowest BCUT2D eigenvalue weighted by atomic mass is 9.95. The SMILES string of the molecule is CCNC1(CC(=O)O)CCS(=O)(=O)C1. The van der Waals surface area contributed by atoms with Crippen LogP contribution < -0.4 is 5.32 Å². The van der Waals surface area contributed by atoms with Gasteiger partial charge in [-0.1, -0.05) is 6.92 Å². The highest BCUT2D eigenvalue weighted by molar-refractivity contribution is 7.91. The Morgan fingerprint density at radius 1 is 1.57 bits per heavy atom. The Labute approximate surface area is 83.4 Å². The molecule has 2 N–H and O–H groups in total. The van der Waals surface area contributed by atoms with Crippen LogP contribution in [0.15, 0.2) is 0 Å². The Balaban J connectivity index is 2.80. The lowest BCUT2D eigenvalue weighted by Crippen LogP contribution is -2.47. The normalized spacial score (nSPS) is 30.4. The van der Waals surface area contributed by atoms with E-state index in [1.54, 1.807) is 0 Å². The van der Waals surface area contributed by atoms with Gasteiger partial charge < -0.3 is 10.4 Å². The molecular weight excluding hydrogens is 206 g/mol. The zero-order chi connectivity index (χ0) is 10.8. The van der Waals surface area contributed by atoms with Gasteiger partial charge in [0, 0.05) is 5.54 Å². The molecule has 1 aliphatic rings. The zero-order valence-corrected chi connectivity index (χ0v) is 8.93. The minimum Gasteiger partial charge on any atom is -0.481 e. The number of carboxylic acid groups (broad SMARTS) is 1. The van der Waals surface area contributed by atoms with Crippen molar-refractivity contribution in [3.05, 3.63) is 0 Å². The maximum Gasteiger partial charge on any atom is 0.305 e. The van der Waals surface area contributed by atoms with Crippen molar-refractivity contribution in [1.29, 1.82) is 0 Å². The molecule has 5 nitrogen and oxygen atoms in total. The van der Waals surface area contributed by atoms with E-state index < -0.39 is 21.3 Å². The first-order valence-corrected chi connectivity index (χ1v) is 6.38. The van der Waals surface area contributed by atoms with E-state index in [4.69, 9.17) is 5.11 Å². The maximum absolute atomic E-state index is 11.3. The van der Waals surface area contributed by atoms with Gasteiger partial charge in [0.1, 0.15) is 0 Å². The van der Waals surface area contributed by atoms with Crippen molar-refractivity contribution in [3.8, 4) is 0 Å². The topological polar surface area (TPSA) is 83.5 Å². The number of sulfone groups is 1. The Hall–Kier alpha value is -0.620. The second-order valence-corrected chi connectivity index (χ2v) is 5.91. The van der Waals surface area contributed by atoms with Gasteiger partial charge >= 0.3 is 5.97 Å². The summed E-state index contributed by atoms with van der Waals surface area (Å²) in [4.78, 5) is 10.6. The van der Waals surface area contributed by atoms with Gasteiger partial charge in [-0.3, -0.25) is 4.79 Å². The fraction of sp³-hybridized carbons (Fsp3) is 0.875. The molecule has 1 atom stereocenters. The van der Waals surface area contributed by atoms with Crippen LogP contribution in [-0.4, -0.2) is 43.1 Å². The lowest BCUT2D eigenvalue weighted by Gasteiger charge is -2.26. The monoisotopic (exact) mass is 221 g/mol. The number of nitrogens with one attached hydrogen (secondary N) is 1. The quantitative estimate of drug-likeness (QED) is 0.676. The molecule has 6 heteroatoms. The van der Waals surface area contributed by atoms with E-state index in [-0.39, 0.29) is 17.9 Å². The highest BCUT2D eigenvalue weighted by atomic mass is 32.2. The largest absolute Gasteiger partial charge is 0.481 e. The molecule has 0 spiro atoms. The molecule has 0 aromatic carbocycles. The molecule has 0 radical (unpaired) electrons. The summed E-state index contributed by atoms with van der Waals surface area (Å²) in [6, 6.07) is 0. The third-order valence-corrected chi connectivity index (χ3v) is 4.25. The van der Waals surface area contributed by atoms with E-state index in [9.17, 15) is 13.2 Å². The van der Waals surface area contributed by atoms with Crippen molar-refractivity contribution in [1.82, 2.24) is 5.32 Å². The summed E-state index contributed by atoms with van der Waals surface area (Å²) in [5, 5.41) is 11.7. The molecule has 0 saturated carbocycles. The predicted molar refractivity (Wildman–Crippen MR) is 51.9 cm³/mol. The standard InChI is InChI=1S/C8H15NO4S/c1-2-9-8(5-7(10)11)3-4-14(12,13)6-8/h9H,2-6H2,1H3,(H,10,11). The van der Waals surface area contributed by atoms with Crippen molar-refractivity contribution < 1.29 is 18.3 Å². The third-order valence-electron chi connectivity index (χ3n) is 2.43. The zero-order valence-electron chi connectivity index (χ0n) is 8.12. The van der Waals surface area contributed by atoms with E-state index in [0.717, 1.165) is 0 Å². The van der Waals surface area contributed by atoms with Crippen LogP contribution in [0.1, 0.15) is 19.8 Å². The van der Waals surface area contributed by atoms with Crippen LogP contribution in [0.25, 0.3) is 0 Å². The first-order chi connectivity index (χ1) is 6.39. The van der Waals surface area contributed by atoms with Crippen LogP contribution in [0.4, 0.5) is 0 Å². The fourth-order valence-electron chi connectivity index (χ4n) is 1.92. The molecule has 0 aliphatic carbocycles. The van der Waals surface area contributed by atoms with Gasteiger partial charge in [-0.2, -0.15) is 0 Å². The molecule has 1 rings (SSSR count). The van der Waals surface area contributed by atoms with E-state index in [1.165, 1.54) is 0 Å². The number of hydrogen-bond acceptors (Lipinski definition) is 4. The van der Waals surface area contributed by atoms with Gasteiger partial charge in [-0.25, -0.2) is 8.42 Å². The van der Waals surface area contributed by atoms with Crippen LogP contribution in [0.2, 0.25) is 0 Å². The van der Waals surface area contributed by atoms with Crippen LogP contribution in [0.3, 0.4) is 0 Å². The smallest absolute Gasteiger partial charge is 0.305 e. The van der Waals surface area contributed by atoms with E-state index in [0.29, 0.717) is 13.0 Å². The molecule has 1 unspecified atom stereocenters. The van der Waals surface area contributed by atoms with Crippen molar-refractivity contribution in [2.45, 2.75) is 25.3 Å². The summed E-state index contributed by atoms with van der Waals surface area (Å²) in [6.07, 6.45) is 0.273.